The number of rotatable bonds is 38. The Hall–Kier alpha value is -1.02. The van der Waals surface area contributed by atoms with Crippen molar-refractivity contribution < 1.29 is 38.1 Å². The Morgan fingerprint density at radius 1 is 0.479 bits per heavy atom. The predicted octanol–water partition coefficient (Wildman–Crippen LogP) is 6.62. The van der Waals surface area contributed by atoms with Crippen LogP contribution in [0.5, 0.6) is 0 Å². The van der Waals surface area contributed by atoms with E-state index in [2.05, 4.69) is 30.7 Å². The molecule has 2 unspecified atom stereocenters. The zero-order chi connectivity index (χ0) is 35.3. The van der Waals surface area contributed by atoms with E-state index in [4.69, 9.17) is 18.9 Å². The SMILES string of the molecule is CCCCCCCCCCCCCCCCCC(=O)NCCCC(=O)N(CCOCCOCCC(=O)P)CCOCCOCCC(=O)P. The maximum Gasteiger partial charge on any atom is 0.222 e. The van der Waals surface area contributed by atoms with Crippen LogP contribution in [0.4, 0.5) is 0 Å². The van der Waals surface area contributed by atoms with Crippen molar-refractivity contribution >= 4 is 41.3 Å². The second-order valence-corrected chi connectivity index (χ2v) is 13.7. The molecule has 0 aromatic rings. The third kappa shape index (κ3) is 36.3. The van der Waals surface area contributed by atoms with Gasteiger partial charge in [0.15, 0.2) is 11.0 Å². The molecule has 0 heterocycles. The molecule has 0 rings (SSSR count). The number of hydrogen-bond donors (Lipinski definition) is 1. The maximum absolute atomic E-state index is 12.9. The fourth-order valence-corrected chi connectivity index (χ4v) is 5.31. The molecule has 0 aromatic carbocycles. The lowest BCUT2D eigenvalue weighted by Crippen LogP contribution is -2.37. The summed E-state index contributed by atoms with van der Waals surface area (Å²) in [7, 11) is 4.25. The van der Waals surface area contributed by atoms with Crippen molar-refractivity contribution in [1.82, 2.24) is 10.2 Å². The minimum absolute atomic E-state index is 0.00815. The summed E-state index contributed by atoms with van der Waals surface area (Å²) in [6.07, 6.45) is 21.7. The van der Waals surface area contributed by atoms with Crippen molar-refractivity contribution in [2.24, 2.45) is 0 Å². The van der Waals surface area contributed by atoms with Crippen molar-refractivity contribution in [3.8, 4) is 0 Å². The molecular formula is C36H70N2O8P2. The standard InChI is InChI=1S/C36H70N2O8P2/c1-2-3-4-5-6-7-8-9-10-11-12-13-14-15-16-18-33(39)37-22-17-19-34(40)38(23-27-45-31-29-43-25-20-35(41)47)24-28-46-32-30-44-26-21-36(42)48/h2-32,47-48H2,1H3,(H,37,39). The van der Waals surface area contributed by atoms with Crippen LogP contribution in [0.3, 0.4) is 0 Å². The molecule has 0 fully saturated rings. The summed E-state index contributed by atoms with van der Waals surface area (Å²) in [5, 5.41) is 2.96. The van der Waals surface area contributed by atoms with E-state index in [1.54, 1.807) is 4.90 Å². The first kappa shape index (κ1) is 47.0. The summed E-state index contributed by atoms with van der Waals surface area (Å²) in [5.74, 6) is 0.0497. The molecule has 2 amide bonds. The second-order valence-electron chi connectivity index (χ2n) is 12.4. The first-order valence-electron chi connectivity index (χ1n) is 18.8. The Morgan fingerprint density at radius 3 is 1.29 bits per heavy atom. The van der Waals surface area contributed by atoms with Gasteiger partial charge in [-0.2, -0.15) is 0 Å². The van der Waals surface area contributed by atoms with E-state index in [1.165, 1.54) is 83.5 Å². The number of ether oxygens (including phenoxy) is 4. The molecule has 1 N–H and O–H groups in total. The van der Waals surface area contributed by atoms with Crippen molar-refractivity contribution in [2.45, 2.75) is 135 Å². The minimum atomic E-state index is -0.00993. The van der Waals surface area contributed by atoms with Gasteiger partial charge in [-0.15, -0.1) is 0 Å². The van der Waals surface area contributed by atoms with Crippen molar-refractivity contribution in [3.05, 3.63) is 0 Å². The van der Waals surface area contributed by atoms with E-state index in [1.807, 2.05) is 0 Å². The van der Waals surface area contributed by atoms with Gasteiger partial charge in [-0.1, -0.05) is 115 Å². The van der Waals surface area contributed by atoms with Gasteiger partial charge in [0.1, 0.15) is 0 Å². The molecule has 2 atom stereocenters. The number of unbranched alkanes of at least 4 members (excludes halogenated alkanes) is 14. The molecule has 0 spiro atoms. The van der Waals surface area contributed by atoms with Gasteiger partial charge >= 0.3 is 0 Å². The molecule has 0 aliphatic rings. The van der Waals surface area contributed by atoms with Crippen LogP contribution in [0.15, 0.2) is 0 Å². The molecule has 12 heteroatoms. The molecule has 0 saturated heterocycles. The number of carbonyl (C=O) groups excluding carboxylic acids is 4. The average molecular weight is 721 g/mol. The van der Waals surface area contributed by atoms with Crippen molar-refractivity contribution in [1.29, 1.82) is 0 Å². The Kier molecular flexibility index (Phi) is 36.4. The molecule has 48 heavy (non-hydrogen) atoms. The summed E-state index contributed by atoms with van der Waals surface area (Å²) in [4.78, 5) is 48.8. The van der Waals surface area contributed by atoms with Crippen molar-refractivity contribution in [2.75, 3.05) is 72.5 Å². The molecular weight excluding hydrogens is 650 g/mol. The molecule has 0 aliphatic heterocycles. The zero-order valence-corrected chi connectivity index (χ0v) is 32.6. The first-order valence-corrected chi connectivity index (χ1v) is 19.9. The topological polar surface area (TPSA) is 120 Å². The van der Waals surface area contributed by atoms with Crippen LogP contribution in [0.25, 0.3) is 0 Å². The first-order chi connectivity index (χ1) is 23.4. The molecule has 0 bridgehead atoms. The van der Waals surface area contributed by atoms with E-state index in [0.29, 0.717) is 105 Å². The Morgan fingerprint density at radius 2 is 0.875 bits per heavy atom. The largest absolute Gasteiger partial charge is 0.379 e. The van der Waals surface area contributed by atoms with Gasteiger partial charge < -0.3 is 29.2 Å². The van der Waals surface area contributed by atoms with Crippen LogP contribution in [-0.4, -0.2) is 100 Å². The van der Waals surface area contributed by atoms with Crippen LogP contribution < -0.4 is 5.32 Å². The van der Waals surface area contributed by atoms with Crippen LogP contribution in [0, 0.1) is 0 Å². The summed E-state index contributed by atoms with van der Waals surface area (Å²) in [6.45, 7) is 6.57. The lowest BCUT2D eigenvalue weighted by Gasteiger charge is -2.23. The summed E-state index contributed by atoms with van der Waals surface area (Å²) < 4.78 is 22.0. The molecule has 0 radical (unpaired) electrons. The smallest absolute Gasteiger partial charge is 0.222 e. The van der Waals surface area contributed by atoms with Gasteiger partial charge in [-0.05, 0) is 12.8 Å². The summed E-state index contributed by atoms with van der Waals surface area (Å²) in [6, 6.07) is 0. The third-order valence-corrected chi connectivity index (χ3v) is 8.57. The van der Waals surface area contributed by atoms with E-state index in [9.17, 15) is 19.2 Å². The van der Waals surface area contributed by atoms with Gasteiger partial charge in [-0.25, -0.2) is 0 Å². The van der Waals surface area contributed by atoms with Crippen LogP contribution in [0.1, 0.15) is 135 Å². The van der Waals surface area contributed by atoms with E-state index >= 15 is 0 Å². The van der Waals surface area contributed by atoms with Gasteiger partial charge in [0, 0.05) is 45.3 Å². The van der Waals surface area contributed by atoms with E-state index in [0.717, 1.165) is 12.8 Å². The van der Waals surface area contributed by atoms with Gasteiger partial charge in [0.25, 0.3) is 0 Å². The minimum Gasteiger partial charge on any atom is -0.379 e. The fraction of sp³-hybridized carbons (Fsp3) is 0.889. The lowest BCUT2D eigenvalue weighted by molar-refractivity contribution is -0.133. The molecule has 10 nitrogen and oxygen atoms in total. The van der Waals surface area contributed by atoms with Crippen LogP contribution in [-0.2, 0) is 38.1 Å². The lowest BCUT2D eigenvalue weighted by atomic mass is 10.0. The summed E-state index contributed by atoms with van der Waals surface area (Å²) in [5.41, 5.74) is 0.0163. The molecule has 0 aliphatic carbocycles. The highest BCUT2D eigenvalue weighted by Crippen LogP contribution is 2.13. The highest BCUT2D eigenvalue weighted by atomic mass is 31.0. The number of hydrogen-bond acceptors (Lipinski definition) is 8. The predicted molar refractivity (Wildman–Crippen MR) is 200 cm³/mol. The second kappa shape index (κ2) is 37.2. The number of carbonyl (C=O) groups is 4. The Balaban J connectivity index is 4.01. The number of nitrogens with zero attached hydrogens (tertiary/aromatic N) is 1. The molecule has 0 saturated carbocycles. The number of amides is 2. The van der Waals surface area contributed by atoms with Gasteiger partial charge in [0.2, 0.25) is 11.8 Å². The maximum atomic E-state index is 12.9. The quantitative estimate of drug-likeness (QED) is 0.0558. The van der Waals surface area contributed by atoms with Gasteiger partial charge in [0.05, 0.1) is 52.9 Å². The Labute approximate surface area is 297 Å². The van der Waals surface area contributed by atoms with Crippen molar-refractivity contribution in [3.63, 3.8) is 0 Å². The summed E-state index contributed by atoms with van der Waals surface area (Å²) >= 11 is 0. The fourth-order valence-electron chi connectivity index (χ4n) is 5.07. The molecule has 282 valence electrons. The van der Waals surface area contributed by atoms with E-state index < -0.39 is 0 Å². The normalized spacial score (nSPS) is 11.1. The van der Waals surface area contributed by atoms with Gasteiger partial charge in [-0.3, -0.25) is 19.2 Å². The molecule has 0 aromatic heterocycles. The van der Waals surface area contributed by atoms with Crippen LogP contribution >= 0.6 is 18.5 Å². The monoisotopic (exact) mass is 720 g/mol. The highest BCUT2D eigenvalue weighted by Gasteiger charge is 2.13. The number of nitrogens with one attached hydrogen (secondary N) is 1. The third-order valence-electron chi connectivity index (χ3n) is 7.99. The average Bonchev–Trinajstić information content (AvgIpc) is 3.05. The van der Waals surface area contributed by atoms with E-state index in [-0.39, 0.29) is 22.9 Å². The Bertz CT molecular complexity index is 761. The highest BCUT2D eigenvalue weighted by molar-refractivity contribution is 7.40. The van der Waals surface area contributed by atoms with Crippen LogP contribution in [0.2, 0.25) is 0 Å². The zero-order valence-electron chi connectivity index (χ0n) is 30.3.